The summed E-state index contributed by atoms with van der Waals surface area (Å²) in [7, 11) is 0. The molecule has 0 aromatic heterocycles. The lowest BCUT2D eigenvalue weighted by Gasteiger charge is -2.32. The molecule has 2 N–H and O–H groups in total. The first-order chi connectivity index (χ1) is 15.3. The molecule has 0 saturated carbocycles. The van der Waals surface area contributed by atoms with Gasteiger partial charge < -0.3 is 20.1 Å². The van der Waals surface area contributed by atoms with Gasteiger partial charge >= 0.3 is 12.1 Å². The van der Waals surface area contributed by atoms with Crippen molar-refractivity contribution in [1.82, 2.24) is 10.2 Å². The van der Waals surface area contributed by atoms with E-state index in [4.69, 9.17) is 4.74 Å². The number of fused-ring (bicyclic) bond motifs is 3. The van der Waals surface area contributed by atoms with Crippen molar-refractivity contribution in [2.75, 3.05) is 13.2 Å². The van der Waals surface area contributed by atoms with E-state index in [9.17, 15) is 19.5 Å². The third-order valence-electron chi connectivity index (χ3n) is 6.59. The van der Waals surface area contributed by atoms with E-state index in [1.807, 2.05) is 24.3 Å². The first-order valence-electron chi connectivity index (χ1n) is 11.0. The highest BCUT2D eigenvalue weighted by molar-refractivity contribution is 5.88. The van der Waals surface area contributed by atoms with E-state index in [2.05, 4.69) is 29.6 Å². The van der Waals surface area contributed by atoms with Gasteiger partial charge in [0, 0.05) is 24.9 Å². The summed E-state index contributed by atoms with van der Waals surface area (Å²) in [6.07, 6.45) is 0.521. The summed E-state index contributed by atoms with van der Waals surface area (Å²) < 4.78 is 5.53. The highest BCUT2D eigenvalue weighted by atomic mass is 16.5. The number of rotatable bonds is 6. The van der Waals surface area contributed by atoms with Gasteiger partial charge in [-0.15, -0.1) is 0 Å². The second-order valence-corrected chi connectivity index (χ2v) is 8.80. The fraction of sp³-hybridized carbons (Fsp3) is 0.400. The molecule has 0 radical (unpaired) electrons. The van der Waals surface area contributed by atoms with Crippen molar-refractivity contribution in [3.8, 4) is 11.1 Å². The molecule has 0 bridgehead atoms. The van der Waals surface area contributed by atoms with E-state index >= 15 is 0 Å². The van der Waals surface area contributed by atoms with Crippen LogP contribution in [0, 0.1) is 0 Å². The monoisotopic (exact) mass is 436 g/mol. The third-order valence-corrected chi connectivity index (χ3v) is 6.59. The number of carboxylic acid groups (broad SMARTS) is 1. The van der Waals surface area contributed by atoms with Crippen LogP contribution in [0.2, 0.25) is 0 Å². The molecular formula is C25H28N2O5. The van der Waals surface area contributed by atoms with Crippen LogP contribution in [-0.4, -0.2) is 52.7 Å². The van der Waals surface area contributed by atoms with Crippen molar-refractivity contribution in [2.24, 2.45) is 0 Å². The zero-order valence-electron chi connectivity index (χ0n) is 18.3. The molecule has 2 amide bonds. The van der Waals surface area contributed by atoms with Crippen molar-refractivity contribution in [3.05, 3.63) is 59.7 Å². The number of carbonyl (C=O) groups is 3. The fourth-order valence-electron chi connectivity index (χ4n) is 4.85. The molecule has 32 heavy (non-hydrogen) atoms. The van der Waals surface area contributed by atoms with Crippen LogP contribution in [0.15, 0.2) is 48.5 Å². The van der Waals surface area contributed by atoms with Crippen LogP contribution < -0.4 is 5.32 Å². The second kappa shape index (κ2) is 8.65. The van der Waals surface area contributed by atoms with E-state index < -0.39 is 23.6 Å². The molecule has 4 rings (SSSR count). The van der Waals surface area contributed by atoms with E-state index in [0.29, 0.717) is 19.4 Å². The first-order valence-corrected chi connectivity index (χ1v) is 11.0. The Balaban J connectivity index is 1.34. The molecule has 168 valence electrons. The summed E-state index contributed by atoms with van der Waals surface area (Å²) in [6.45, 7) is 3.90. The molecule has 1 aliphatic carbocycles. The van der Waals surface area contributed by atoms with Crippen molar-refractivity contribution in [2.45, 2.75) is 50.6 Å². The Morgan fingerprint density at radius 2 is 1.72 bits per heavy atom. The molecule has 1 fully saturated rings. The largest absolute Gasteiger partial charge is 0.480 e. The molecule has 2 aliphatic rings. The minimum Gasteiger partial charge on any atom is -0.480 e. The fourth-order valence-corrected chi connectivity index (χ4v) is 4.85. The summed E-state index contributed by atoms with van der Waals surface area (Å²) in [5.74, 6) is -1.31. The van der Waals surface area contributed by atoms with Gasteiger partial charge in [0.1, 0.15) is 12.1 Å². The minimum atomic E-state index is -1.18. The average molecular weight is 437 g/mol. The van der Waals surface area contributed by atoms with Crippen LogP contribution in [0.1, 0.15) is 50.2 Å². The van der Waals surface area contributed by atoms with Gasteiger partial charge in [0.05, 0.1) is 0 Å². The van der Waals surface area contributed by atoms with E-state index in [1.54, 1.807) is 13.8 Å². The number of hydrogen-bond donors (Lipinski definition) is 2. The van der Waals surface area contributed by atoms with Crippen LogP contribution in [0.3, 0.4) is 0 Å². The number of nitrogens with zero attached hydrogens (tertiary/aromatic N) is 1. The van der Waals surface area contributed by atoms with Gasteiger partial charge in [0.25, 0.3) is 0 Å². The van der Waals surface area contributed by atoms with Gasteiger partial charge in [-0.25, -0.2) is 9.59 Å². The molecule has 1 aliphatic heterocycles. The number of hydrogen-bond acceptors (Lipinski definition) is 4. The number of amides is 2. The minimum absolute atomic E-state index is 0.0209. The number of carboxylic acids is 1. The van der Waals surface area contributed by atoms with E-state index in [-0.39, 0.29) is 24.9 Å². The standard InChI is InChI=1S/C25H28N2O5/c1-16(14-22(28)27-13-7-12-25(27,2)23(29)30)26-24(31)32-15-21-19-10-5-3-8-17(19)18-9-4-6-11-20(18)21/h3-6,8-11,16,21H,7,12-15H2,1-2H3,(H,26,31)(H,29,30)/t16-,25?/m0/s1. The predicted molar refractivity (Wildman–Crippen MR) is 119 cm³/mol. The molecule has 7 heteroatoms. The van der Waals surface area contributed by atoms with Gasteiger partial charge in [0.15, 0.2) is 0 Å². The van der Waals surface area contributed by atoms with Gasteiger partial charge in [0.2, 0.25) is 5.91 Å². The van der Waals surface area contributed by atoms with Gasteiger partial charge in [-0.05, 0) is 48.9 Å². The van der Waals surface area contributed by atoms with Crippen molar-refractivity contribution >= 4 is 18.0 Å². The molecule has 2 aromatic carbocycles. The molecule has 2 aromatic rings. The van der Waals surface area contributed by atoms with Crippen LogP contribution in [0.4, 0.5) is 4.79 Å². The quantitative estimate of drug-likeness (QED) is 0.719. The number of benzene rings is 2. The average Bonchev–Trinajstić information content (AvgIpc) is 3.31. The Bertz CT molecular complexity index is 1010. The van der Waals surface area contributed by atoms with Crippen molar-refractivity contribution in [3.63, 3.8) is 0 Å². The van der Waals surface area contributed by atoms with Gasteiger partial charge in [-0.3, -0.25) is 4.79 Å². The molecule has 1 saturated heterocycles. The van der Waals surface area contributed by atoms with Crippen LogP contribution in [0.5, 0.6) is 0 Å². The number of ether oxygens (including phenoxy) is 1. The lowest BCUT2D eigenvalue weighted by atomic mass is 9.98. The molecule has 2 atom stereocenters. The maximum Gasteiger partial charge on any atom is 0.407 e. The van der Waals surface area contributed by atoms with E-state index in [0.717, 1.165) is 22.3 Å². The molecule has 1 heterocycles. The third kappa shape index (κ3) is 3.95. The van der Waals surface area contributed by atoms with Crippen LogP contribution >= 0.6 is 0 Å². The summed E-state index contributed by atoms with van der Waals surface area (Å²) in [6, 6.07) is 15.7. The van der Waals surface area contributed by atoms with Crippen molar-refractivity contribution in [1.29, 1.82) is 0 Å². The Kier molecular flexibility index (Phi) is 5.91. The first kappa shape index (κ1) is 21.9. The summed E-state index contributed by atoms with van der Waals surface area (Å²) >= 11 is 0. The Hall–Kier alpha value is -3.35. The Labute approximate surface area is 187 Å². The number of likely N-dealkylation sites (tertiary alicyclic amines) is 1. The van der Waals surface area contributed by atoms with Crippen LogP contribution in [0.25, 0.3) is 11.1 Å². The normalized spacial score (nSPS) is 20.4. The topological polar surface area (TPSA) is 95.9 Å². The number of nitrogens with one attached hydrogen (secondary N) is 1. The maximum absolute atomic E-state index is 12.7. The zero-order chi connectivity index (χ0) is 22.9. The summed E-state index contributed by atoms with van der Waals surface area (Å²) in [5.41, 5.74) is 3.39. The maximum atomic E-state index is 12.7. The molecule has 0 spiro atoms. The van der Waals surface area contributed by atoms with Gasteiger partial charge in [-0.1, -0.05) is 48.5 Å². The number of aliphatic carboxylic acids is 1. The van der Waals surface area contributed by atoms with Gasteiger partial charge in [-0.2, -0.15) is 0 Å². The molecular weight excluding hydrogens is 408 g/mol. The Morgan fingerprint density at radius 1 is 1.12 bits per heavy atom. The summed E-state index contributed by atoms with van der Waals surface area (Å²) in [4.78, 5) is 38.1. The van der Waals surface area contributed by atoms with Crippen LogP contribution in [-0.2, 0) is 14.3 Å². The second-order valence-electron chi connectivity index (χ2n) is 8.80. The number of carbonyl (C=O) groups excluding carboxylic acids is 2. The Morgan fingerprint density at radius 3 is 2.31 bits per heavy atom. The predicted octanol–water partition coefficient (Wildman–Crippen LogP) is 3.77. The molecule has 1 unspecified atom stereocenters. The highest BCUT2D eigenvalue weighted by Gasteiger charge is 2.45. The smallest absolute Gasteiger partial charge is 0.407 e. The van der Waals surface area contributed by atoms with Crippen molar-refractivity contribution < 1.29 is 24.2 Å². The highest BCUT2D eigenvalue weighted by Crippen LogP contribution is 2.44. The summed E-state index contributed by atoms with van der Waals surface area (Å²) in [5, 5.41) is 12.2. The number of alkyl carbamates (subject to hydrolysis) is 1. The zero-order valence-corrected chi connectivity index (χ0v) is 18.3. The molecule has 7 nitrogen and oxygen atoms in total. The SMILES string of the molecule is C[C@@H](CC(=O)N1CCCC1(C)C(=O)O)NC(=O)OCC1c2ccccc2-c2ccccc21. The lowest BCUT2D eigenvalue weighted by Crippen LogP contribution is -2.52. The van der Waals surface area contributed by atoms with E-state index in [1.165, 1.54) is 4.90 Å². The lowest BCUT2D eigenvalue weighted by molar-refractivity contribution is -0.155.